The SMILES string of the molecule is CC(CN(C)C(=O)CCCc1ccc(Cl)c(Cl)c1)C(=O)O. The second kappa shape index (κ2) is 8.25. The Labute approximate surface area is 134 Å². The molecular formula is C15H19Cl2NO3. The van der Waals surface area contributed by atoms with Crippen LogP contribution >= 0.6 is 23.2 Å². The number of nitrogens with zero attached hydrogens (tertiary/aromatic N) is 1. The molecule has 0 spiro atoms. The molecule has 0 saturated carbocycles. The highest BCUT2D eigenvalue weighted by atomic mass is 35.5. The number of carboxylic acid groups (broad SMARTS) is 1. The second-order valence-electron chi connectivity index (χ2n) is 5.12. The van der Waals surface area contributed by atoms with Gasteiger partial charge in [0.1, 0.15) is 0 Å². The smallest absolute Gasteiger partial charge is 0.308 e. The second-order valence-corrected chi connectivity index (χ2v) is 5.93. The minimum atomic E-state index is -0.898. The molecular weight excluding hydrogens is 313 g/mol. The minimum Gasteiger partial charge on any atom is -0.481 e. The van der Waals surface area contributed by atoms with Gasteiger partial charge in [-0.2, -0.15) is 0 Å². The van der Waals surface area contributed by atoms with Gasteiger partial charge >= 0.3 is 5.97 Å². The highest BCUT2D eigenvalue weighted by Crippen LogP contribution is 2.23. The van der Waals surface area contributed by atoms with Crippen LogP contribution in [-0.2, 0) is 16.0 Å². The van der Waals surface area contributed by atoms with Crippen LogP contribution in [0.5, 0.6) is 0 Å². The molecule has 6 heteroatoms. The van der Waals surface area contributed by atoms with Crippen molar-refractivity contribution in [3.8, 4) is 0 Å². The number of aliphatic carboxylic acids is 1. The lowest BCUT2D eigenvalue weighted by atomic mass is 10.1. The van der Waals surface area contributed by atoms with Gasteiger partial charge in [0.15, 0.2) is 0 Å². The van der Waals surface area contributed by atoms with E-state index in [1.165, 1.54) is 4.90 Å². The first-order valence-corrected chi connectivity index (χ1v) is 7.47. The fourth-order valence-corrected chi connectivity index (χ4v) is 2.24. The zero-order valence-electron chi connectivity index (χ0n) is 12.1. The number of aryl methyl sites for hydroxylation is 1. The standard InChI is InChI=1S/C15H19Cl2NO3/c1-10(15(20)21)9-18(2)14(19)5-3-4-11-6-7-12(16)13(17)8-11/h6-8,10H,3-5,9H2,1-2H3,(H,20,21). The zero-order chi connectivity index (χ0) is 16.0. The van der Waals surface area contributed by atoms with Gasteiger partial charge < -0.3 is 10.0 Å². The molecule has 0 radical (unpaired) electrons. The van der Waals surface area contributed by atoms with Crippen molar-refractivity contribution in [2.24, 2.45) is 5.92 Å². The van der Waals surface area contributed by atoms with E-state index in [1.54, 1.807) is 26.1 Å². The molecule has 0 aliphatic rings. The van der Waals surface area contributed by atoms with E-state index >= 15 is 0 Å². The Morgan fingerprint density at radius 3 is 2.52 bits per heavy atom. The average molecular weight is 332 g/mol. The van der Waals surface area contributed by atoms with Crippen molar-refractivity contribution in [1.29, 1.82) is 0 Å². The van der Waals surface area contributed by atoms with Crippen LogP contribution in [-0.4, -0.2) is 35.5 Å². The number of halogens is 2. The number of amides is 1. The van der Waals surface area contributed by atoms with E-state index in [1.807, 2.05) is 6.07 Å². The Morgan fingerprint density at radius 1 is 1.29 bits per heavy atom. The Bertz CT molecular complexity index is 520. The molecule has 21 heavy (non-hydrogen) atoms. The van der Waals surface area contributed by atoms with E-state index < -0.39 is 11.9 Å². The summed E-state index contributed by atoms with van der Waals surface area (Å²) >= 11 is 11.8. The molecule has 1 atom stereocenters. The van der Waals surface area contributed by atoms with E-state index in [2.05, 4.69) is 0 Å². The lowest BCUT2D eigenvalue weighted by Crippen LogP contribution is -2.33. The summed E-state index contributed by atoms with van der Waals surface area (Å²) in [6.07, 6.45) is 1.79. The maximum absolute atomic E-state index is 11.9. The fraction of sp³-hybridized carbons (Fsp3) is 0.467. The average Bonchev–Trinajstić information content (AvgIpc) is 2.42. The van der Waals surface area contributed by atoms with Gasteiger partial charge in [-0.05, 0) is 30.5 Å². The molecule has 0 fully saturated rings. The van der Waals surface area contributed by atoms with Crippen molar-refractivity contribution in [3.05, 3.63) is 33.8 Å². The monoisotopic (exact) mass is 331 g/mol. The third-order valence-electron chi connectivity index (χ3n) is 3.24. The zero-order valence-corrected chi connectivity index (χ0v) is 13.6. The van der Waals surface area contributed by atoms with Gasteiger partial charge in [-0.15, -0.1) is 0 Å². The van der Waals surface area contributed by atoms with Crippen LogP contribution in [0.15, 0.2) is 18.2 Å². The normalized spacial score (nSPS) is 12.0. The molecule has 1 aromatic carbocycles. The number of hydrogen-bond acceptors (Lipinski definition) is 2. The van der Waals surface area contributed by atoms with E-state index in [-0.39, 0.29) is 12.5 Å². The van der Waals surface area contributed by atoms with Crippen molar-refractivity contribution < 1.29 is 14.7 Å². The molecule has 4 nitrogen and oxygen atoms in total. The van der Waals surface area contributed by atoms with Gasteiger partial charge in [0.05, 0.1) is 16.0 Å². The maximum Gasteiger partial charge on any atom is 0.308 e. The molecule has 1 unspecified atom stereocenters. The topological polar surface area (TPSA) is 57.6 Å². The first-order chi connectivity index (χ1) is 9.81. The Morgan fingerprint density at radius 2 is 1.95 bits per heavy atom. The van der Waals surface area contributed by atoms with Gasteiger partial charge in [0, 0.05) is 20.0 Å². The Balaban J connectivity index is 2.39. The summed E-state index contributed by atoms with van der Waals surface area (Å²) in [5.74, 6) is -1.51. The highest BCUT2D eigenvalue weighted by Gasteiger charge is 2.16. The number of hydrogen-bond donors (Lipinski definition) is 1. The summed E-state index contributed by atoms with van der Waals surface area (Å²) in [5.41, 5.74) is 1.03. The quantitative estimate of drug-likeness (QED) is 0.831. The van der Waals surface area contributed by atoms with Crippen LogP contribution in [0.2, 0.25) is 10.0 Å². The van der Waals surface area contributed by atoms with Gasteiger partial charge in [0.25, 0.3) is 0 Å². The third kappa shape index (κ3) is 5.94. The number of carbonyl (C=O) groups is 2. The summed E-state index contributed by atoms with van der Waals surface area (Å²) in [6.45, 7) is 1.81. The number of carbonyl (C=O) groups excluding carboxylic acids is 1. The van der Waals surface area contributed by atoms with Crippen molar-refractivity contribution in [3.63, 3.8) is 0 Å². The van der Waals surface area contributed by atoms with E-state index in [4.69, 9.17) is 28.3 Å². The predicted molar refractivity (Wildman–Crippen MR) is 83.8 cm³/mol. The fourth-order valence-electron chi connectivity index (χ4n) is 1.92. The van der Waals surface area contributed by atoms with Crippen LogP contribution in [0.4, 0.5) is 0 Å². The molecule has 1 rings (SSSR count). The first-order valence-electron chi connectivity index (χ1n) is 6.72. The van der Waals surface area contributed by atoms with Gasteiger partial charge in [-0.25, -0.2) is 0 Å². The van der Waals surface area contributed by atoms with Crippen molar-refractivity contribution >= 4 is 35.1 Å². The van der Waals surface area contributed by atoms with Crippen LogP contribution in [0.1, 0.15) is 25.3 Å². The maximum atomic E-state index is 11.9. The van der Waals surface area contributed by atoms with E-state index in [0.717, 1.165) is 12.0 Å². The van der Waals surface area contributed by atoms with Gasteiger partial charge in [-0.3, -0.25) is 9.59 Å². The Kier molecular flexibility index (Phi) is 6.99. The number of rotatable bonds is 7. The van der Waals surface area contributed by atoms with Crippen LogP contribution < -0.4 is 0 Å². The lowest BCUT2D eigenvalue weighted by Gasteiger charge is -2.19. The molecule has 0 aromatic heterocycles. The van der Waals surface area contributed by atoms with Crippen molar-refractivity contribution in [2.45, 2.75) is 26.2 Å². The predicted octanol–water partition coefficient (Wildman–Crippen LogP) is 3.50. The van der Waals surface area contributed by atoms with Crippen LogP contribution in [0, 0.1) is 5.92 Å². The highest BCUT2D eigenvalue weighted by molar-refractivity contribution is 6.42. The molecule has 1 aromatic rings. The first kappa shape index (κ1) is 17.8. The van der Waals surface area contributed by atoms with Crippen LogP contribution in [0.25, 0.3) is 0 Å². The summed E-state index contributed by atoms with van der Waals surface area (Å²) in [5, 5.41) is 9.84. The molecule has 0 saturated heterocycles. The van der Waals surface area contributed by atoms with Crippen LogP contribution in [0.3, 0.4) is 0 Å². The largest absolute Gasteiger partial charge is 0.481 e. The third-order valence-corrected chi connectivity index (χ3v) is 3.97. The number of carboxylic acids is 1. The van der Waals surface area contributed by atoms with Gasteiger partial charge in [-0.1, -0.05) is 36.2 Å². The summed E-state index contributed by atoms with van der Waals surface area (Å²) in [7, 11) is 1.63. The molecule has 1 N–H and O–H groups in total. The summed E-state index contributed by atoms with van der Waals surface area (Å²) in [4.78, 5) is 24.1. The van der Waals surface area contributed by atoms with E-state index in [9.17, 15) is 9.59 Å². The molecule has 116 valence electrons. The van der Waals surface area contributed by atoms with Gasteiger partial charge in [0.2, 0.25) is 5.91 Å². The van der Waals surface area contributed by atoms with E-state index in [0.29, 0.717) is 22.9 Å². The molecule has 0 aliphatic heterocycles. The molecule has 0 bridgehead atoms. The van der Waals surface area contributed by atoms with Crippen molar-refractivity contribution in [2.75, 3.05) is 13.6 Å². The molecule has 0 heterocycles. The van der Waals surface area contributed by atoms with Crippen molar-refractivity contribution in [1.82, 2.24) is 4.90 Å². The number of benzene rings is 1. The lowest BCUT2D eigenvalue weighted by molar-refractivity contribution is -0.142. The molecule has 1 amide bonds. The minimum absolute atomic E-state index is 0.0526. The summed E-state index contributed by atoms with van der Waals surface area (Å²) < 4.78 is 0. The summed E-state index contributed by atoms with van der Waals surface area (Å²) in [6, 6.07) is 5.42. The molecule has 0 aliphatic carbocycles. The Hall–Kier alpha value is -1.26.